The number of aromatic nitrogens is 2. The predicted molar refractivity (Wildman–Crippen MR) is 86.1 cm³/mol. The first-order valence-electron chi connectivity index (χ1n) is 7.49. The Morgan fingerprint density at radius 3 is 3.05 bits per heavy atom. The molecule has 1 unspecified atom stereocenters. The Balaban J connectivity index is 1.94. The second-order valence-electron chi connectivity index (χ2n) is 5.82. The van der Waals surface area contributed by atoms with Crippen molar-refractivity contribution in [2.24, 2.45) is 0 Å². The number of nitrogens with zero attached hydrogens (tertiary/aromatic N) is 3. The Bertz CT molecular complexity index is 625. The molecule has 1 fully saturated rings. The molecular formula is C16H22ClN3O. The van der Waals surface area contributed by atoms with Crippen LogP contribution >= 0.6 is 11.6 Å². The average molecular weight is 308 g/mol. The van der Waals surface area contributed by atoms with E-state index >= 15 is 0 Å². The van der Waals surface area contributed by atoms with Gasteiger partial charge in [-0.25, -0.2) is 4.98 Å². The van der Waals surface area contributed by atoms with Crippen LogP contribution in [0.2, 0.25) is 0 Å². The molecule has 1 aliphatic rings. The fourth-order valence-electron chi connectivity index (χ4n) is 2.94. The molecule has 2 heterocycles. The maximum absolute atomic E-state index is 5.94. The molecule has 5 heteroatoms. The summed E-state index contributed by atoms with van der Waals surface area (Å²) in [6.45, 7) is 5.73. The Morgan fingerprint density at radius 1 is 1.43 bits per heavy atom. The Kier molecular flexibility index (Phi) is 4.48. The molecule has 0 saturated carbocycles. The van der Waals surface area contributed by atoms with E-state index < -0.39 is 0 Å². The van der Waals surface area contributed by atoms with Gasteiger partial charge in [0.05, 0.1) is 30.3 Å². The fraction of sp³-hybridized carbons (Fsp3) is 0.562. The first kappa shape index (κ1) is 14.8. The van der Waals surface area contributed by atoms with Crippen LogP contribution in [0.1, 0.15) is 11.4 Å². The molecule has 1 saturated heterocycles. The molecule has 2 aromatic rings. The monoisotopic (exact) mass is 307 g/mol. The van der Waals surface area contributed by atoms with Crippen molar-refractivity contribution >= 4 is 22.6 Å². The van der Waals surface area contributed by atoms with Crippen LogP contribution in [0.4, 0.5) is 0 Å². The molecule has 0 bridgehead atoms. The van der Waals surface area contributed by atoms with Crippen molar-refractivity contribution in [2.45, 2.75) is 26.0 Å². The number of morpholine rings is 1. The van der Waals surface area contributed by atoms with Gasteiger partial charge >= 0.3 is 0 Å². The standard InChI is InChI=1S/C16H22ClN3O/c1-12-3-4-14-15(9-12)20(16(18-14)5-6-17)11-13-10-19(2)7-8-21-13/h3-4,9,13H,5-8,10-11H2,1-2H3. The third-order valence-corrected chi connectivity index (χ3v) is 4.22. The SMILES string of the molecule is Cc1ccc2nc(CCCl)n(CC3CN(C)CCO3)c2c1. The highest BCUT2D eigenvalue weighted by molar-refractivity contribution is 6.17. The van der Waals surface area contributed by atoms with Gasteiger partial charge in [-0.05, 0) is 31.7 Å². The highest BCUT2D eigenvalue weighted by atomic mass is 35.5. The number of imidazole rings is 1. The molecule has 3 rings (SSSR count). The molecule has 0 spiro atoms. The number of aryl methyl sites for hydroxylation is 2. The van der Waals surface area contributed by atoms with Crippen LogP contribution in [0, 0.1) is 6.92 Å². The highest BCUT2D eigenvalue weighted by Crippen LogP contribution is 2.20. The number of benzene rings is 1. The first-order chi connectivity index (χ1) is 10.2. The van der Waals surface area contributed by atoms with Gasteiger partial charge in [-0.15, -0.1) is 11.6 Å². The van der Waals surface area contributed by atoms with Crippen molar-refractivity contribution in [3.05, 3.63) is 29.6 Å². The number of hydrogen-bond donors (Lipinski definition) is 0. The van der Waals surface area contributed by atoms with Crippen LogP contribution in [0.3, 0.4) is 0 Å². The van der Waals surface area contributed by atoms with E-state index in [2.05, 4.69) is 41.6 Å². The molecule has 1 atom stereocenters. The number of fused-ring (bicyclic) bond motifs is 1. The number of hydrogen-bond acceptors (Lipinski definition) is 3. The average Bonchev–Trinajstić information content (AvgIpc) is 2.77. The fourth-order valence-corrected chi connectivity index (χ4v) is 3.11. The van der Waals surface area contributed by atoms with E-state index in [1.165, 1.54) is 11.1 Å². The largest absolute Gasteiger partial charge is 0.374 e. The van der Waals surface area contributed by atoms with E-state index in [0.29, 0.717) is 5.88 Å². The van der Waals surface area contributed by atoms with Gasteiger partial charge in [0.25, 0.3) is 0 Å². The number of ether oxygens (including phenoxy) is 1. The summed E-state index contributed by atoms with van der Waals surface area (Å²) in [5.41, 5.74) is 3.49. The molecule has 4 nitrogen and oxygen atoms in total. The van der Waals surface area contributed by atoms with Gasteiger partial charge in [-0.1, -0.05) is 6.07 Å². The molecule has 0 radical (unpaired) electrons. The summed E-state index contributed by atoms with van der Waals surface area (Å²) >= 11 is 5.94. The zero-order valence-corrected chi connectivity index (χ0v) is 13.4. The van der Waals surface area contributed by atoms with Crippen LogP contribution in [0.25, 0.3) is 11.0 Å². The Morgan fingerprint density at radius 2 is 2.29 bits per heavy atom. The van der Waals surface area contributed by atoms with Gasteiger partial charge in [0.1, 0.15) is 5.82 Å². The molecule has 114 valence electrons. The van der Waals surface area contributed by atoms with E-state index in [0.717, 1.165) is 44.0 Å². The zero-order valence-electron chi connectivity index (χ0n) is 12.7. The van der Waals surface area contributed by atoms with E-state index in [9.17, 15) is 0 Å². The topological polar surface area (TPSA) is 30.3 Å². The summed E-state index contributed by atoms with van der Waals surface area (Å²) in [6.07, 6.45) is 1.01. The number of halogens is 1. The quantitative estimate of drug-likeness (QED) is 0.813. The molecule has 0 aliphatic carbocycles. The van der Waals surface area contributed by atoms with Crippen LogP contribution in [-0.2, 0) is 17.7 Å². The van der Waals surface area contributed by atoms with Gasteiger partial charge in [-0.3, -0.25) is 0 Å². The first-order valence-corrected chi connectivity index (χ1v) is 8.02. The van der Waals surface area contributed by atoms with Crippen molar-refractivity contribution in [2.75, 3.05) is 32.6 Å². The summed E-state index contributed by atoms with van der Waals surface area (Å²) < 4.78 is 8.20. The minimum Gasteiger partial charge on any atom is -0.374 e. The van der Waals surface area contributed by atoms with Gasteiger partial charge < -0.3 is 14.2 Å². The minimum absolute atomic E-state index is 0.218. The predicted octanol–water partition coefficient (Wildman–Crippen LogP) is 2.46. The van der Waals surface area contributed by atoms with E-state index in [1.807, 2.05) is 0 Å². The van der Waals surface area contributed by atoms with Crippen LogP contribution < -0.4 is 0 Å². The van der Waals surface area contributed by atoms with Crippen molar-refractivity contribution in [1.82, 2.24) is 14.5 Å². The molecule has 1 aromatic carbocycles. The van der Waals surface area contributed by atoms with Crippen LogP contribution in [-0.4, -0.2) is 53.2 Å². The van der Waals surface area contributed by atoms with Crippen molar-refractivity contribution in [3.8, 4) is 0 Å². The van der Waals surface area contributed by atoms with E-state index in [4.69, 9.17) is 21.3 Å². The summed E-state index contributed by atoms with van der Waals surface area (Å²) in [4.78, 5) is 7.06. The minimum atomic E-state index is 0.218. The van der Waals surface area contributed by atoms with Gasteiger partial charge in [-0.2, -0.15) is 0 Å². The lowest BCUT2D eigenvalue weighted by Gasteiger charge is -2.30. The lowest BCUT2D eigenvalue weighted by Crippen LogP contribution is -2.42. The van der Waals surface area contributed by atoms with Gasteiger partial charge in [0, 0.05) is 25.4 Å². The maximum atomic E-state index is 5.94. The summed E-state index contributed by atoms with van der Waals surface area (Å²) in [5, 5.41) is 0. The molecule has 0 N–H and O–H groups in total. The Labute approximate surface area is 130 Å². The van der Waals surface area contributed by atoms with Crippen molar-refractivity contribution < 1.29 is 4.74 Å². The molecule has 21 heavy (non-hydrogen) atoms. The maximum Gasteiger partial charge on any atom is 0.111 e. The Hall–Kier alpha value is -1.10. The van der Waals surface area contributed by atoms with Crippen molar-refractivity contribution in [3.63, 3.8) is 0 Å². The van der Waals surface area contributed by atoms with E-state index in [1.54, 1.807) is 0 Å². The third kappa shape index (κ3) is 3.23. The lowest BCUT2D eigenvalue weighted by atomic mass is 10.2. The van der Waals surface area contributed by atoms with E-state index in [-0.39, 0.29) is 6.10 Å². The summed E-state index contributed by atoms with van der Waals surface area (Å²) in [6, 6.07) is 6.40. The van der Waals surface area contributed by atoms with Gasteiger partial charge in [0.15, 0.2) is 0 Å². The second-order valence-corrected chi connectivity index (χ2v) is 6.20. The number of alkyl halides is 1. The van der Waals surface area contributed by atoms with Crippen LogP contribution in [0.5, 0.6) is 0 Å². The number of rotatable bonds is 4. The summed E-state index contributed by atoms with van der Waals surface area (Å²) in [5.74, 6) is 1.65. The second kappa shape index (κ2) is 6.34. The normalized spacial score (nSPS) is 20.2. The molecule has 1 aromatic heterocycles. The zero-order chi connectivity index (χ0) is 14.8. The summed E-state index contributed by atoms with van der Waals surface area (Å²) in [7, 11) is 2.14. The number of likely N-dealkylation sites (N-methyl/N-ethyl adjacent to an activating group) is 1. The molecule has 0 amide bonds. The molecular weight excluding hydrogens is 286 g/mol. The highest BCUT2D eigenvalue weighted by Gasteiger charge is 2.20. The van der Waals surface area contributed by atoms with Crippen molar-refractivity contribution in [1.29, 1.82) is 0 Å². The lowest BCUT2D eigenvalue weighted by molar-refractivity contribution is -0.0272. The molecule has 1 aliphatic heterocycles. The van der Waals surface area contributed by atoms with Crippen LogP contribution in [0.15, 0.2) is 18.2 Å². The third-order valence-electron chi connectivity index (χ3n) is 4.03. The smallest absolute Gasteiger partial charge is 0.111 e. The van der Waals surface area contributed by atoms with Gasteiger partial charge in [0.2, 0.25) is 0 Å².